The monoisotopic (exact) mass is 204 g/mol. The van der Waals surface area contributed by atoms with Crippen LogP contribution in [0, 0.1) is 13.8 Å². The summed E-state index contributed by atoms with van der Waals surface area (Å²) in [6.45, 7) is 6.09. The zero-order chi connectivity index (χ0) is 10.9. The fraction of sp³-hybridized carbons (Fsp3) is 0.538. The van der Waals surface area contributed by atoms with Crippen LogP contribution in [-0.2, 0) is 5.54 Å². The Hall–Kier alpha value is -0.860. The number of hydrogen-bond acceptors (Lipinski definition) is 2. The molecule has 2 rings (SSSR count). The van der Waals surface area contributed by atoms with Crippen LogP contribution in [0.15, 0.2) is 18.2 Å². The van der Waals surface area contributed by atoms with Crippen LogP contribution >= 0.6 is 0 Å². The minimum absolute atomic E-state index is 0.0401. The molecule has 1 aromatic carbocycles. The van der Waals surface area contributed by atoms with Gasteiger partial charge >= 0.3 is 0 Å². The molecule has 0 spiro atoms. The summed E-state index contributed by atoms with van der Waals surface area (Å²) in [5.74, 6) is 0. The molecule has 1 unspecified atom stereocenters. The van der Waals surface area contributed by atoms with Gasteiger partial charge in [0.1, 0.15) is 0 Å². The quantitative estimate of drug-likeness (QED) is 0.771. The Labute approximate surface area is 91.9 Å². The summed E-state index contributed by atoms with van der Waals surface area (Å²) < 4.78 is 0. The van der Waals surface area contributed by atoms with Crippen LogP contribution in [0.3, 0.4) is 0 Å². The molecule has 1 aromatic rings. The smallest absolute Gasteiger partial charge is 0.0559 e. The van der Waals surface area contributed by atoms with E-state index >= 15 is 0 Å². The highest BCUT2D eigenvalue weighted by Gasteiger charge is 2.33. The number of nitrogens with one attached hydrogen (secondary N) is 1. The van der Waals surface area contributed by atoms with Crippen molar-refractivity contribution in [1.29, 1.82) is 0 Å². The Bertz CT molecular complexity index is 352. The molecule has 1 fully saturated rings. The number of benzene rings is 1. The molecule has 15 heavy (non-hydrogen) atoms. The van der Waals surface area contributed by atoms with Gasteiger partial charge in [-0.3, -0.25) is 0 Å². The van der Waals surface area contributed by atoms with E-state index in [0.717, 1.165) is 13.0 Å². The Morgan fingerprint density at radius 1 is 1.33 bits per heavy atom. The highest BCUT2D eigenvalue weighted by molar-refractivity contribution is 5.35. The fourth-order valence-electron chi connectivity index (χ4n) is 2.38. The first kappa shape index (κ1) is 10.7. The number of hydrogen-bond donors (Lipinski definition) is 2. The molecule has 82 valence electrons. The van der Waals surface area contributed by atoms with Crippen LogP contribution < -0.4 is 11.1 Å². The summed E-state index contributed by atoms with van der Waals surface area (Å²) in [5, 5.41) is 3.56. The van der Waals surface area contributed by atoms with Crippen molar-refractivity contribution in [3.63, 3.8) is 0 Å². The van der Waals surface area contributed by atoms with Crippen molar-refractivity contribution in [2.24, 2.45) is 5.73 Å². The van der Waals surface area contributed by atoms with Gasteiger partial charge in [-0.1, -0.05) is 18.2 Å². The topological polar surface area (TPSA) is 38.0 Å². The summed E-state index contributed by atoms with van der Waals surface area (Å²) in [5.41, 5.74) is 10.0. The maximum Gasteiger partial charge on any atom is 0.0559 e. The Morgan fingerprint density at radius 3 is 2.67 bits per heavy atom. The SMILES string of the molecule is Cc1ccc(C2(CN)CCCN2)cc1C. The van der Waals surface area contributed by atoms with Crippen molar-refractivity contribution in [2.75, 3.05) is 13.1 Å². The molecule has 0 radical (unpaired) electrons. The molecule has 1 aliphatic heterocycles. The Kier molecular flexibility index (Phi) is 2.81. The summed E-state index contributed by atoms with van der Waals surface area (Å²) >= 11 is 0. The molecule has 0 aliphatic carbocycles. The van der Waals surface area contributed by atoms with E-state index in [-0.39, 0.29) is 5.54 Å². The van der Waals surface area contributed by atoms with E-state index in [9.17, 15) is 0 Å². The Balaban J connectivity index is 2.38. The lowest BCUT2D eigenvalue weighted by Gasteiger charge is -2.29. The average molecular weight is 204 g/mol. The van der Waals surface area contributed by atoms with Gasteiger partial charge in [-0.15, -0.1) is 0 Å². The van der Waals surface area contributed by atoms with Crippen molar-refractivity contribution < 1.29 is 0 Å². The molecule has 2 nitrogen and oxygen atoms in total. The van der Waals surface area contributed by atoms with Crippen LogP contribution in [0.25, 0.3) is 0 Å². The highest BCUT2D eigenvalue weighted by atomic mass is 15.0. The van der Waals surface area contributed by atoms with Crippen LogP contribution in [-0.4, -0.2) is 13.1 Å². The molecule has 1 heterocycles. The van der Waals surface area contributed by atoms with E-state index in [2.05, 4.69) is 37.4 Å². The number of rotatable bonds is 2. The molecule has 0 aromatic heterocycles. The zero-order valence-electron chi connectivity index (χ0n) is 9.64. The lowest BCUT2D eigenvalue weighted by Crippen LogP contribution is -2.43. The largest absolute Gasteiger partial charge is 0.328 e. The maximum absolute atomic E-state index is 5.93. The van der Waals surface area contributed by atoms with Gasteiger partial charge in [0.15, 0.2) is 0 Å². The van der Waals surface area contributed by atoms with Crippen molar-refractivity contribution >= 4 is 0 Å². The highest BCUT2D eigenvalue weighted by Crippen LogP contribution is 2.30. The summed E-state index contributed by atoms with van der Waals surface area (Å²) in [4.78, 5) is 0. The summed E-state index contributed by atoms with van der Waals surface area (Å²) in [7, 11) is 0. The van der Waals surface area contributed by atoms with E-state index in [1.54, 1.807) is 0 Å². The minimum Gasteiger partial charge on any atom is -0.328 e. The summed E-state index contributed by atoms with van der Waals surface area (Å²) in [6, 6.07) is 6.69. The van der Waals surface area contributed by atoms with Crippen molar-refractivity contribution in [2.45, 2.75) is 32.2 Å². The predicted molar refractivity (Wildman–Crippen MR) is 63.9 cm³/mol. The first-order valence-corrected chi connectivity index (χ1v) is 5.71. The molecular formula is C13H20N2. The minimum atomic E-state index is 0.0401. The Morgan fingerprint density at radius 2 is 2.13 bits per heavy atom. The lowest BCUT2D eigenvalue weighted by atomic mass is 9.87. The normalized spacial score (nSPS) is 25.8. The van der Waals surface area contributed by atoms with E-state index in [0.29, 0.717) is 6.54 Å². The third-order valence-corrected chi connectivity index (χ3v) is 3.65. The van der Waals surface area contributed by atoms with Gasteiger partial charge in [0.2, 0.25) is 0 Å². The second kappa shape index (κ2) is 3.95. The first-order valence-electron chi connectivity index (χ1n) is 5.71. The fourth-order valence-corrected chi connectivity index (χ4v) is 2.38. The van der Waals surface area contributed by atoms with E-state index in [1.807, 2.05) is 0 Å². The van der Waals surface area contributed by atoms with Crippen molar-refractivity contribution in [3.8, 4) is 0 Å². The van der Waals surface area contributed by atoms with Crippen LogP contribution in [0.5, 0.6) is 0 Å². The predicted octanol–water partition coefficient (Wildman–Crippen LogP) is 1.84. The van der Waals surface area contributed by atoms with Gasteiger partial charge in [0.05, 0.1) is 5.54 Å². The van der Waals surface area contributed by atoms with Gasteiger partial charge in [0.25, 0.3) is 0 Å². The number of aryl methyl sites for hydroxylation is 2. The van der Waals surface area contributed by atoms with E-state index < -0.39 is 0 Å². The third kappa shape index (κ3) is 1.80. The molecule has 1 atom stereocenters. The van der Waals surface area contributed by atoms with Crippen molar-refractivity contribution in [1.82, 2.24) is 5.32 Å². The van der Waals surface area contributed by atoms with Gasteiger partial charge in [0, 0.05) is 6.54 Å². The molecule has 2 heteroatoms. The molecular weight excluding hydrogens is 184 g/mol. The van der Waals surface area contributed by atoms with Crippen LogP contribution in [0.1, 0.15) is 29.5 Å². The molecule has 0 bridgehead atoms. The van der Waals surface area contributed by atoms with Crippen LogP contribution in [0.4, 0.5) is 0 Å². The van der Waals surface area contributed by atoms with Gasteiger partial charge < -0.3 is 11.1 Å². The molecule has 1 saturated heterocycles. The average Bonchev–Trinajstić information content (AvgIpc) is 2.72. The second-order valence-electron chi connectivity index (χ2n) is 4.62. The maximum atomic E-state index is 5.93. The summed E-state index contributed by atoms with van der Waals surface area (Å²) in [6.07, 6.45) is 2.39. The number of nitrogens with two attached hydrogens (primary N) is 1. The first-order chi connectivity index (χ1) is 7.18. The molecule has 1 aliphatic rings. The molecule has 0 saturated carbocycles. The lowest BCUT2D eigenvalue weighted by molar-refractivity contribution is 0.401. The zero-order valence-corrected chi connectivity index (χ0v) is 9.64. The van der Waals surface area contributed by atoms with E-state index in [1.165, 1.54) is 23.1 Å². The molecule has 3 N–H and O–H groups in total. The van der Waals surface area contributed by atoms with Gasteiger partial charge in [-0.2, -0.15) is 0 Å². The standard InChI is InChI=1S/C13H20N2/c1-10-4-5-12(8-11(10)2)13(9-14)6-3-7-15-13/h4-5,8,15H,3,6-7,9,14H2,1-2H3. The van der Waals surface area contributed by atoms with Crippen molar-refractivity contribution in [3.05, 3.63) is 34.9 Å². The van der Waals surface area contributed by atoms with Gasteiger partial charge in [-0.05, 0) is 49.9 Å². The third-order valence-electron chi connectivity index (χ3n) is 3.65. The second-order valence-corrected chi connectivity index (χ2v) is 4.62. The van der Waals surface area contributed by atoms with Crippen LogP contribution in [0.2, 0.25) is 0 Å². The van der Waals surface area contributed by atoms with Gasteiger partial charge in [-0.25, -0.2) is 0 Å². The molecule has 0 amide bonds. The van der Waals surface area contributed by atoms with E-state index in [4.69, 9.17) is 5.73 Å².